The van der Waals surface area contributed by atoms with Crippen molar-refractivity contribution in [1.82, 2.24) is 0 Å². The van der Waals surface area contributed by atoms with Gasteiger partial charge in [0.15, 0.2) is 0 Å². The maximum atomic E-state index is 9.82. The van der Waals surface area contributed by atoms with E-state index in [9.17, 15) is 5.11 Å². The summed E-state index contributed by atoms with van der Waals surface area (Å²) >= 11 is 0. The molecule has 4 heteroatoms. The first kappa shape index (κ1) is 16.8. The number of nitrogens with two attached hydrogens (primary N) is 1. The molecule has 0 aliphatic rings. The molecule has 20 heavy (non-hydrogen) atoms. The van der Waals surface area contributed by atoms with Crippen LogP contribution in [0.1, 0.15) is 45.1 Å². The molecule has 0 bridgehead atoms. The summed E-state index contributed by atoms with van der Waals surface area (Å²) in [7, 11) is 0. The third kappa shape index (κ3) is 4.69. The van der Waals surface area contributed by atoms with E-state index in [1.165, 1.54) is 0 Å². The Labute approximate surface area is 121 Å². The largest absolute Gasteiger partial charge is 0.494 e. The van der Waals surface area contributed by atoms with Crippen LogP contribution in [0.3, 0.4) is 0 Å². The molecule has 114 valence electrons. The molecule has 1 rings (SSSR count). The third-order valence-corrected chi connectivity index (χ3v) is 3.35. The van der Waals surface area contributed by atoms with E-state index in [1.807, 2.05) is 32.0 Å². The van der Waals surface area contributed by atoms with Crippen LogP contribution in [-0.4, -0.2) is 31.0 Å². The van der Waals surface area contributed by atoms with Gasteiger partial charge in [0.25, 0.3) is 0 Å². The summed E-state index contributed by atoms with van der Waals surface area (Å²) in [6.45, 7) is 7.58. The second kappa shape index (κ2) is 8.82. The van der Waals surface area contributed by atoms with E-state index in [2.05, 4.69) is 6.92 Å². The molecule has 0 fully saturated rings. The van der Waals surface area contributed by atoms with Crippen molar-refractivity contribution in [1.29, 1.82) is 0 Å². The van der Waals surface area contributed by atoms with Gasteiger partial charge in [-0.05, 0) is 50.8 Å². The van der Waals surface area contributed by atoms with Gasteiger partial charge in [-0.15, -0.1) is 0 Å². The molecule has 0 saturated heterocycles. The minimum atomic E-state index is -0.481. The second-order valence-corrected chi connectivity index (χ2v) is 4.80. The van der Waals surface area contributed by atoms with Crippen molar-refractivity contribution in [3.05, 3.63) is 23.8 Å². The SMILES string of the molecule is CCOc1ccc(OCC)c(C(CC)CC(O)CN)c1. The fraction of sp³-hybridized carbons (Fsp3) is 0.625. The lowest BCUT2D eigenvalue weighted by Gasteiger charge is -2.22. The summed E-state index contributed by atoms with van der Waals surface area (Å²) < 4.78 is 11.3. The lowest BCUT2D eigenvalue weighted by molar-refractivity contribution is 0.161. The predicted octanol–water partition coefficient (Wildman–Crippen LogP) is 2.69. The molecule has 2 atom stereocenters. The molecular weight excluding hydrogens is 254 g/mol. The van der Waals surface area contributed by atoms with Gasteiger partial charge < -0.3 is 20.3 Å². The average molecular weight is 281 g/mol. The fourth-order valence-corrected chi connectivity index (χ4v) is 2.33. The Morgan fingerprint density at radius 2 is 1.85 bits per heavy atom. The van der Waals surface area contributed by atoms with Crippen LogP contribution >= 0.6 is 0 Å². The summed E-state index contributed by atoms with van der Waals surface area (Å²) in [6, 6.07) is 5.89. The lowest BCUT2D eigenvalue weighted by atomic mass is 9.90. The molecule has 0 heterocycles. The fourth-order valence-electron chi connectivity index (χ4n) is 2.33. The van der Waals surface area contributed by atoms with Crippen molar-refractivity contribution in [3.8, 4) is 11.5 Å². The van der Waals surface area contributed by atoms with E-state index < -0.39 is 6.10 Å². The number of aliphatic hydroxyl groups is 1. The molecular formula is C16H27NO3. The van der Waals surface area contributed by atoms with Crippen molar-refractivity contribution in [3.63, 3.8) is 0 Å². The molecule has 0 aliphatic carbocycles. The number of rotatable bonds is 9. The lowest BCUT2D eigenvalue weighted by Crippen LogP contribution is -2.22. The highest BCUT2D eigenvalue weighted by Gasteiger charge is 2.19. The minimum absolute atomic E-state index is 0.218. The van der Waals surface area contributed by atoms with Crippen molar-refractivity contribution in [2.75, 3.05) is 19.8 Å². The smallest absolute Gasteiger partial charge is 0.123 e. The van der Waals surface area contributed by atoms with Gasteiger partial charge in [-0.1, -0.05) is 6.92 Å². The second-order valence-electron chi connectivity index (χ2n) is 4.80. The van der Waals surface area contributed by atoms with Crippen LogP contribution in [-0.2, 0) is 0 Å². The summed E-state index contributed by atoms with van der Waals surface area (Å²) in [4.78, 5) is 0. The molecule has 0 saturated carbocycles. The van der Waals surface area contributed by atoms with Crippen molar-refractivity contribution >= 4 is 0 Å². The highest BCUT2D eigenvalue weighted by atomic mass is 16.5. The first-order chi connectivity index (χ1) is 9.65. The Morgan fingerprint density at radius 1 is 1.15 bits per heavy atom. The highest BCUT2D eigenvalue weighted by Crippen LogP contribution is 2.35. The normalized spacial score (nSPS) is 13.8. The topological polar surface area (TPSA) is 64.7 Å². The Hall–Kier alpha value is -1.26. The molecule has 0 amide bonds. The van der Waals surface area contributed by atoms with Gasteiger partial charge in [-0.25, -0.2) is 0 Å². The Bertz CT molecular complexity index is 395. The first-order valence-corrected chi connectivity index (χ1v) is 7.43. The van der Waals surface area contributed by atoms with Gasteiger partial charge >= 0.3 is 0 Å². The highest BCUT2D eigenvalue weighted by molar-refractivity contribution is 5.42. The van der Waals surface area contributed by atoms with Gasteiger partial charge in [0, 0.05) is 12.1 Å². The number of hydrogen-bond donors (Lipinski definition) is 2. The molecule has 0 aromatic heterocycles. The van der Waals surface area contributed by atoms with E-state index in [4.69, 9.17) is 15.2 Å². The molecule has 0 aliphatic heterocycles. The monoisotopic (exact) mass is 281 g/mol. The van der Waals surface area contributed by atoms with E-state index in [0.29, 0.717) is 19.6 Å². The summed E-state index contributed by atoms with van der Waals surface area (Å²) in [6.07, 6.45) is 1.08. The number of aliphatic hydroxyl groups excluding tert-OH is 1. The van der Waals surface area contributed by atoms with Gasteiger partial charge in [-0.2, -0.15) is 0 Å². The van der Waals surface area contributed by atoms with Crippen molar-refractivity contribution < 1.29 is 14.6 Å². The maximum absolute atomic E-state index is 9.82. The van der Waals surface area contributed by atoms with Crippen LogP contribution in [0.25, 0.3) is 0 Å². The molecule has 0 radical (unpaired) electrons. The molecule has 1 aromatic rings. The zero-order chi connectivity index (χ0) is 15.0. The van der Waals surface area contributed by atoms with Gasteiger partial charge in [0.1, 0.15) is 11.5 Å². The van der Waals surface area contributed by atoms with Gasteiger partial charge in [0.2, 0.25) is 0 Å². The van der Waals surface area contributed by atoms with E-state index >= 15 is 0 Å². The Morgan fingerprint density at radius 3 is 2.40 bits per heavy atom. The van der Waals surface area contributed by atoms with E-state index in [1.54, 1.807) is 0 Å². The Balaban J connectivity index is 3.04. The molecule has 2 unspecified atom stereocenters. The quantitative estimate of drug-likeness (QED) is 0.730. The summed E-state index contributed by atoms with van der Waals surface area (Å²) in [5.41, 5.74) is 6.61. The van der Waals surface area contributed by atoms with Crippen LogP contribution in [0.2, 0.25) is 0 Å². The van der Waals surface area contributed by atoms with Gasteiger partial charge in [-0.3, -0.25) is 0 Å². The first-order valence-electron chi connectivity index (χ1n) is 7.43. The standard InChI is InChI=1S/C16H27NO3/c1-4-12(9-13(18)11-17)15-10-14(19-5-2)7-8-16(15)20-6-3/h7-8,10,12-13,18H,4-6,9,11,17H2,1-3H3. The van der Waals surface area contributed by atoms with Crippen LogP contribution in [0, 0.1) is 0 Å². The molecule has 1 aromatic carbocycles. The molecule has 4 nitrogen and oxygen atoms in total. The minimum Gasteiger partial charge on any atom is -0.494 e. The van der Waals surface area contributed by atoms with Crippen LogP contribution < -0.4 is 15.2 Å². The summed E-state index contributed by atoms with van der Waals surface area (Å²) in [5, 5.41) is 9.82. The molecule has 3 N–H and O–H groups in total. The maximum Gasteiger partial charge on any atom is 0.123 e. The number of hydrogen-bond acceptors (Lipinski definition) is 4. The van der Waals surface area contributed by atoms with E-state index in [0.717, 1.165) is 23.5 Å². The van der Waals surface area contributed by atoms with Crippen molar-refractivity contribution in [2.45, 2.75) is 45.6 Å². The van der Waals surface area contributed by atoms with Crippen molar-refractivity contribution in [2.24, 2.45) is 5.73 Å². The third-order valence-electron chi connectivity index (χ3n) is 3.35. The average Bonchev–Trinajstić information content (AvgIpc) is 2.46. The van der Waals surface area contributed by atoms with Crippen LogP contribution in [0.5, 0.6) is 11.5 Å². The van der Waals surface area contributed by atoms with Crippen LogP contribution in [0.15, 0.2) is 18.2 Å². The number of benzene rings is 1. The molecule has 0 spiro atoms. The zero-order valence-electron chi connectivity index (χ0n) is 12.8. The Kier molecular flexibility index (Phi) is 7.41. The predicted molar refractivity (Wildman–Crippen MR) is 81.5 cm³/mol. The summed E-state index contributed by atoms with van der Waals surface area (Å²) in [5.74, 6) is 1.93. The zero-order valence-corrected chi connectivity index (χ0v) is 12.8. The van der Waals surface area contributed by atoms with E-state index in [-0.39, 0.29) is 12.5 Å². The van der Waals surface area contributed by atoms with Crippen LogP contribution in [0.4, 0.5) is 0 Å². The van der Waals surface area contributed by atoms with Gasteiger partial charge in [0.05, 0.1) is 19.3 Å². The number of ether oxygens (including phenoxy) is 2.